The molecule has 1 N–H and O–H groups in total. The first-order valence-corrected chi connectivity index (χ1v) is 8.30. The van der Waals surface area contributed by atoms with E-state index in [0.29, 0.717) is 6.42 Å². The number of aliphatic carboxylic acids is 1. The lowest BCUT2D eigenvalue weighted by Crippen LogP contribution is -2.41. The van der Waals surface area contributed by atoms with Crippen LogP contribution in [0.3, 0.4) is 0 Å². The quantitative estimate of drug-likeness (QED) is 0.665. The van der Waals surface area contributed by atoms with Crippen molar-refractivity contribution in [3.8, 4) is 0 Å². The molecule has 0 radical (unpaired) electrons. The number of benzene rings is 1. The Labute approximate surface area is 145 Å². The van der Waals surface area contributed by atoms with Crippen LogP contribution in [-0.2, 0) is 19.5 Å². The zero-order valence-corrected chi connectivity index (χ0v) is 15.4. The lowest BCUT2D eigenvalue weighted by molar-refractivity contribution is -0.131. The molecule has 1 fully saturated rings. The second kappa shape index (κ2) is 6.38. The Hall–Kier alpha value is -1.59. The van der Waals surface area contributed by atoms with E-state index < -0.39 is 5.97 Å². The van der Waals surface area contributed by atoms with Crippen molar-refractivity contribution in [3.05, 3.63) is 42.0 Å². The number of hydrogen-bond acceptors (Lipinski definition) is 3. The predicted molar refractivity (Wildman–Crippen MR) is 96.6 cm³/mol. The highest BCUT2D eigenvalue weighted by Crippen LogP contribution is 2.36. The summed E-state index contributed by atoms with van der Waals surface area (Å²) < 4.78 is 12.1. The summed E-state index contributed by atoms with van der Waals surface area (Å²) in [6.07, 6.45) is 3.56. The molecule has 5 heteroatoms. The molecule has 0 aromatic heterocycles. The number of carboxylic acid groups (broad SMARTS) is 1. The van der Waals surface area contributed by atoms with Crippen molar-refractivity contribution in [2.75, 3.05) is 0 Å². The van der Waals surface area contributed by atoms with E-state index in [2.05, 4.69) is 26.0 Å². The molecule has 0 saturated carbocycles. The van der Waals surface area contributed by atoms with Crippen LogP contribution in [0.2, 0.25) is 0 Å². The topological polar surface area (TPSA) is 55.8 Å². The van der Waals surface area contributed by atoms with Gasteiger partial charge in [0, 0.05) is 6.08 Å². The van der Waals surface area contributed by atoms with Crippen LogP contribution in [-0.4, -0.2) is 29.4 Å². The van der Waals surface area contributed by atoms with Crippen LogP contribution >= 0.6 is 0 Å². The predicted octanol–water partition coefficient (Wildman–Crippen LogP) is 3.29. The molecule has 1 saturated heterocycles. The molecule has 0 aliphatic carbocycles. The minimum Gasteiger partial charge on any atom is -0.478 e. The number of rotatable bonds is 5. The molecule has 1 aliphatic heterocycles. The smallest absolute Gasteiger partial charge is 0.478 e. The van der Waals surface area contributed by atoms with Crippen molar-refractivity contribution in [1.82, 2.24) is 0 Å². The molecule has 24 heavy (non-hydrogen) atoms. The molecule has 0 spiro atoms. The molecule has 0 bridgehead atoms. The molecule has 2 rings (SSSR count). The zero-order chi connectivity index (χ0) is 18.2. The van der Waals surface area contributed by atoms with Gasteiger partial charge in [0.1, 0.15) is 0 Å². The summed E-state index contributed by atoms with van der Waals surface area (Å²) in [4.78, 5) is 10.6. The van der Waals surface area contributed by atoms with E-state index in [4.69, 9.17) is 14.4 Å². The number of carbonyl (C=O) groups is 1. The molecular weight excluding hydrogens is 303 g/mol. The maximum atomic E-state index is 10.6. The number of carboxylic acids is 1. The third-order valence-corrected chi connectivity index (χ3v) is 5.11. The molecule has 1 heterocycles. The largest absolute Gasteiger partial charge is 0.494 e. The van der Waals surface area contributed by atoms with E-state index in [1.54, 1.807) is 6.08 Å². The first-order valence-electron chi connectivity index (χ1n) is 8.30. The highest BCUT2D eigenvalue weighted by molar-refractivity contribution is 6.62. The van der Waals surface area contributed by atoms with E-state index in [-0.39, 0.29) is 23.7 Å². The summed E-state index contributed by atoms with van der Waals surface area (Å²) in [5, 5.41) is 8.71. The van der Waals surface area contributed by atoms with Crippen molar-refractivity contribution >= 4 is 18.6 Å². The second-order valence-corrected chi connectivity index (χ2v) is 8.04. The summed E-state index contributed by atoms with van der Waals surface area (Å²) in [6, 6.07) is 8.18. The number of allylic oxidation sites excluding steroid dienone is 1. The van der Waals surface area contributed by atoms with Crippen LogP contribution in [0.5, 0.6) is 0 Å². The fourth-order valence-electron chi connectivity index (χ4n) is 2.64. The molecule has 0 atom stereocenters. The first kappa shape index (κ1) is 18.7. The minimum atomic E-state index is -0.915. The van der Waals surface area contributed by atoms with Crippen LogP contribution in [0, 0.1) is 0 Å². The Morgan fingerprint density at radius 3 is 2.08 bits per heavy atom. The first-order chi connectivity index (χ1) is 10.9. The van der Waals surface area contributed by atoms with Crippen molar-refractivity contribution in [3.63, 3.8) is 0 Å². The molecular formula is C19H27BO4. The van der Waals surface area contributed by atoms with E-state index in [0.717, 1.165) is 11.0 Å². The van der Waals surface area contributed by atoms with Gasteiger partial charge in [-0.3, -0.25) is 0 Å². The van der Waals surface area contributed by atoms with Crippen LogP contribution in [0.1, 0.15) is 53.5 Å². The van der Waals surface area contributed by atoms with Gasteiger partial charge in [-0.1, -0.05) is 44.2 Å². The van der Waals surface area contributed by atoms with Gasteiger partial charge in [-0.2, -0.15) is 0 Å². The van der Waals surface area contributed by atoms with Gasteiger partial charge < -0.3 is 14.4 Å². The Morgan fingerprint density at radius 1 is 1.12 bits per heavy atom. The number of hydrogen-bond donors (Lipinski definition) is 1. The summed E-state index contributed by atoms with van der Waals surface area (Å²) >= 11 is 0. The van der Waals surface area contributed by atoms with Crippen molar-refractivity contribution in [2.45, 2.75) is 64.6 Å². The van der Waals surface area contributed by atoms with Gasteiger partial charge in [0.2, 0.25) is 0 Å². The van der Waals surface area contributed by atoms with E-state index >= 15 is 0 Å². The third kappa shape index (κ3) is 3.90. The molecule has 0 amide bonds. The summed E-state index contributed by atoms with van der Waals surface area (Å²) in [6.45, 7) is 12.4. The Balaban J connectivity index is 2.12. The maximum Gasteiger partial charge on any atom is 0.494 e. The maximum absolute atomic E-state index is 10.6. The minimum absolute atomic E-state index is 0.138. The fraction of sp³-hybridized carbons (Fsp3) is 0.526. The van der Waals surface area contributed by atoms with E-state index in [1.807, 2.05) is 39.8 Å². The van der Waals surface area contributed by atoms with Gasteiger partial charge in [-0.15, -0.1) is 0 Å². The fourth-order valence-corrected chi connectivity index (χ4v) is 2.64. The van der Waals surface area contributed by atoms with Crippen molar-refractivity contribution < 1.29 is 19.2 Å². The normalized spacial score (nSPS) is 19.8. The molecule has 1 aromatic rings. The SMILES string of the molecule is CC(C)(C/C=C/C(=O)O)c1ccc(B2OC(C)(C)C(C)(C)O2)cc1. The molecule has 4 nitrogen and oxygen atoms in total. The molecule has 1 aliphatic rings. The van der Waals surface area contributed by atoms with Crippen LogP contribution < -0.4 is 5.46 Å². The highest BCUT2D eigenvalue weighted by atomic mass is 16.7. The van der Waals surface area contributed by atoms with Gasteiger partial charge >= 0.3 is 13.1 Å². The molecule has 0 unspecified atom stereocenters. The lowest BCUT2D eigenvalue weighted by Gasteiger charge is -2.32. The average Bonchev–Trinajstić information content (AvgIpc) is 2.67. The van der Waals surface area contributed by atoms with Crippen molar-refractivity contribution in [2.24, 2.45) is 0 Å². The van der Waals surface area contributed by atoms with Crippen LogP contribution in [0.15, 0.2) is 36.4 Å². The highest BCUT2D eigenvalue weighted by Gasteiger charge is 2.51. The summed E-state index contributed by atoms with van der Waals surface area (Å²) in [5.41, 5.74) is 1.31. The van der Waals surface area contributed by atoms with E-state index in [9.17, 15) is 4.79 Å². The Bertz CT molecular complexity index is 613. The standard InChI is InChI=1S/C19H27BO4/c1-17(2,13-7-8-16(21)22)14-9-11-15(12-10-14)20-23-18(3,4)19(5,6)24-20/h7-12H,13H2,1-6H3,(H,21,22)/b8-7+. The second-order valence-electron chi connectivity index (χ2n) is 8.04. The Kier molecular flexibility index (Phi) is 4.98. The van der Waals surface area contributed by atoms with Gasteiger partial charge in [0.15, 0.2) is 0 Å². The lowest BCUT2D eigenvalue weighted by atomic mass is 9.75. The van der Waals surface area contributed by atoms with E-state index in [1.165, 1.54) is 6.08 Å². The van der Waals surface area contributed by atoms with Crippen LogP contribution in [0.4, 0.5) is 0 Å². The third-order valence-electron chi connectivity index (χ3n) is 5.11. The zero-order valence-electron chi connectivity index (χ0n) is 15.4. The van der Waals surface area contributed by atoms with Gasteiger partial charge in [-0.25, -0.2) is 4.79 Å². The summed E-state index contributed by atoms with van der Waals surface area (Å²) in [5.74, 6) is -0.915. The molecule has 130 valence electrons. The monoisotopic (exact) mass is 330 g/mol. The van der Waals surface area contributed by atoms with Gasteiger partial charge in [0.25, 0.3) is 0 Å². The van der Waals surface area contributed by atoms with Gasteiger partial charge in [0.05, 0.1) is 11.2 Å². The van der Waals surface area contributed by atoms with Crippen LogP contribution in [0.25, 0.3) is 0 Å². The van der Waals surface area contributed by atoms with Crippen molar-refractivity contribution in [1.29, 1.82) is 0 Å². The Morgan fingerprint density at radius 2 is 1.62 bits per heavy atom. The van der Waals surface area contributed by atoms with Gasteiger partial charge in [-0.05, 0) is 50.6 Å². The average molecular weight is 330 g/mol. The summed E-state index contributed by atoms with van der Waals surface area (Å²) in [7, 11) is -0.362. The molecule has 1 aromatic carbocycles.